The van der Waals surface area contributed by atoms with Gasteiger partial charge in [0.15, 0.2) is 0 Å². The van der Waals surface area contributed by atoms with E-state index in [9.17, 15) is 0 Å². The number of hydrogen-bond donors (Lipinski definition) is 1. The Bertz CT molecular complexity index is 246. The van der Waals surface area contributed by atoms with E-state index in [4.69, 9.17) is 4.74 Å². The second kappa shape index (κ2) is 5.75. The van der Waals surface area contributed by atoms with Crippen molar-refractivity contribution in [3.05, 3.63) is 20.8 Å². The number of halogens is 1. The highest BCUT2D eigenvalue weighted by molar-refractivity contribution is 9.10. The fraction of sp³-hybridized carbons (Fsp3) is 0.556. The molecule has 1 unspecified atom stereocenters. The van der Waals surface area contributed by atoms with E-state index in [1.807, 2.05) is 7.05 Å². The van der Waals surface area contributed by atoms with Crippen LogP contribution in [-0.2, 0) is 4.74 Å². The Morgan fingerprint density at radius 2 is 2.46 bits per heavy atom. The predicted molar refractivity (Wildman–Crippen MR) is 60.6 cm³/mol. The maximum absolute atomic E-state index is 5.17. The van der Waals surface area contributed by atoms with Gasteiger partial charge in [-0.25, -0.2) is 0 Å². The Kier molecular flexibility index (Phi) is 4.94. The summed E-state index contributed by atoms with van der Waals surface area (Å²) in [6.45, 7) is 1.73. The number of hydrogen-bond acceptors (Lipinski definition) is 3. The molecule has 0 fully saturated rings. The van der Waals surface area contributed by atoms with Crippen LogP contribution in [0.1, 0.15) is 10.8 Å². The largest absolute Gasteiger partial charge is 0.384 e. The van der Waals surface area contributed by atoms with E-state index in [2.05, 4.69) is 32.7 Å². The van der Waals surface area contributed by atoms with Gasteiger partial charge in [0.1, 0.15) is 0 Å². The molecule has 1 atom stereocenters. The lowest BCUT2D eigenvalue weighted by molar-refractivity contribution is 0.179. The first kappa shape index (κ1) is 11.2. The van der Waals surface area contributed by atoms with Crippen LogP contribution < -0.4 is 5.32 Å². The topological polar surface area (TPSA) is 21.3 Å². The first-order chi connectivity index (χ1) is 6.27. The van der Waals surface area contributed by atoms with Crippen LogP contribution in [0.5, 0.6) is 0 Å². The summed E-state index contributed by atoms with van der Waals surface area (Å²) >= 11 is 5.22. The average Bonchev–Trinajstić information content (AvgIpc) is 2.51. The van der Waals surface area contributed by atoms with Gasteiger partial charge in [0, 0.05) is 34.3 Å². The maximum atomic E-state index is 5.17. The van der Waals surface area contributed by atoms with Gasteiger partial charge < -0.3 is 10.1 Å². The smallest absolute Gasteiger partial charge is 0.0551 e. The molecule has 1 N–H and O–H groups in total. The zero-order valence-electron chi connectivity index (χ0n) is 7.84. The van der Waals surface area contributed by atoms with Gasteiger partial charge in [0.2, 0.25) is 0 Å². The molecule has 74 valence electrons. The van der Waals surface area contributed by atoms with Gasteiger partial charge in [0.05, 0.1) is 6.61 Å². The van der Waals surface area contributed by atoms with Crippen LogP contribution in [0.4, 0.5) is 0 Å². The van der Waals surface area contributed by atoms with Crippen molar-refractivity contribution in [1.82, 2.24) is 5.32 Å². The highest BCUT2D eigenvalue weighted by Crippen LogP contribution is 2.26. The second-order valence-corrected chi connectivity index (χ2v) is 4.74. The van der Waals surface area contributed by atoms with Crippen LogP contribution in [0.15, 0.2) is 15.9 Å². The lowest BCUT2D eigenvalue weighted by Crippen LogP contribution is -2.20. The minimum Gasteiger partial charge on any atom is -0.384 e. The number of likely N-dealkylation sites (N-methyl/N-ethyl adjacent to an activating group) is 1. The van der Waals surface area contributed by atoms with Gasteiger partial charge in [0.25, 0.3) is 0 Å². The van der Waals surface area contributed by atoms with Gasteiger partial charge in [-0.15, -0.1) is 11.3 Å². The fourth-order valence-electron chi connectivity index (χ4n) is 1.23. The van der Waals surface area contributed by atoms with E-state index < -0.39 is 0 Å². The Balaban J connectivity index is 2.63. The standard InChI is InChI=1S/C9H14BrNOS/c1-11-4-7(5-12-2)9-3-8(10)6-13-9/h3,6-7,11H,4-5H2,1-2H3. The first-order valence-electron chi connectivity index (χ1n) is 4.15. The number of nitrogens with one attached hydrogen (secondary N) is 1. The second-order valence-electron chi connectivity index (χ2n) is 2.88. The zero-order chi connectivity index (χ0) is 9.68. The van der Waals surface area contributed by atoms with Crippen LogP contribution in [0.2, 0.25) is 0 Å². The predicted octanol–water partition coefficient (Wildman–Crippen LogP) is 2.46. The molecule has 0 aromatic carbocycles. The average molecular weight is 264 g/mol. The monoisotopic (exact) mass is 263 g/mol. The van der Waals surface area contributed by atoms with Crippen molar-refractivity contribution in [2.45, 2.75) is 5.92 Å². The molecule has 1 rings (SSSR count). The number of ether oxygens (including phenoxy) is 1. The normalized spacial score (nSPS) is 13.2. The van der Waals surface area contributed by atoms with Crippen molar-refractivity contribution in [2.75, 3.05) is 27.3 Å². The lowest BCUT2D eigenvalue weighted by Gasteiger charge is -2.13. The molecule has 0 aliphatic heterocycles. The molecule has 13 heavy (non-hydrogen) atoms. The summed E-state index contributed by atoms with van der Waals surface area (Å²) in [7, 11) is 3.70. The van der Waals surface area contributed by atoms with Gasteiger partial charge in [-0.3, -0.25) is 0 Å². The SMILES string of the molecule is CNCC(COC)c1cc(Br)cs1. The zero-order valence-corrected chi connectivity index (χ0v) is 10.2. The van der Waals surface area contributed by atoms with Crippen molar-refractivity contribution >= 4 is 27.3 Å². The molecule has 0 saturated carbocycles. The van der Waals surface area contributed by atoms with Gasteiger partial charge in [-0.1, -0.05) is 0 Å². The molecule has 1 aromatic heterocycles. The minimum absolute atomic E-state index is 0.464. The third-order valence-electron chi connectivity index (χ3n) is 1.81. The summed E-state index contributed by atoms with van der Waals surface area (Å²) in [5.74, 6) is 0.464. The number of methoxy groups -OCH3 is 1. The maximum Gasteiger partial charge on any atom is 0.0551 e. The van der Waals surface area contributed by atoms with Crippen LogP contribution in [0.25, 0.3) is 0 Å². The molecule has 0 aliphatic carbocycles. The molecule has 0 bridgehead atoms. The van der Waals surface area contributed by atoms with E-state index in [0.717, 1.165) is 17.6 Å². The molecular formula is C9H14BrNOS. The summed E-state index contributed by atoms with van der Waals surface area (Å²) in [4.78, 5) is 1.36. The van der Waals surface area contributed by atoms with Gasteiger partial charge in [-0.2, -0.15) is 0 Å². The molecular weight excluding hydrogens is 250 g/mol. The molecule has 0 radical (unpaired) electrons. The van der Waals surface area contributed by atoms with Crippen LogP contribution in [-0.4, -0.2) is 27.3 Å². The van der Waals surface area contributed by atoms with E-state index in [-0.39, 0.29) is 0 Å². The van der Waals surface area contributed by atoms with Crippen molar-refractivity contribution in [2.24, 2.45) is 0 Å². The number of rotatable bonds is 5. The van der Waals surface area contributed by atoms with E-state index in [1.165, 1.54) is 4.88 Å². The Hall–Kier alpha value is 0.1000. The Labute approximate surface area is 91.4 Å². The summed E-state index contributed by atoms with van der Waals surface area (Å²) in [5, 5.41) is 5.28. The van der Waals surface area contributed by atoms with Crippen LogP contribution in [0, 0.1) is 0 Å². The quantitative estimate of drug-likeness (QED) is 0.882. The molecule has 2 nitrogen and oxygen atoms in total. The Morgan fingerprint density at radius 1 is 1.69 bits per heavy atom. The van der Waals surface area contributed by atoms with Crippen molar-refractivity contribution in [3.63, 3.8) is 0 Å². The van der Waals surface area contributed by atoms with Crippen LogP contribution in [0.3, 0.4) is 0 Å². The molecule has 1 aromatic rings. The summed E-state index contributed by atoms with van der Waals surface area (Å²) in [6, 6.07) is 2.16. The molecule has 1 heterocycles. The van der Waals surface area contributed by atoms with Crippen LogP contribution >= 0.6 is 27.3 Å². The summed E-state index contributed by atoms with van der Waals surface area (Å²) < 4.78 is 6.33. The molecule has 4 heteroatoms. The van der Waals surface area contributed by atoms with Gasteiger partial charge in [-0.05, 0) is 29.0 Å². The first-order valence-corrected chi connectivity index (χ1v) is 5.82. The van der Waals surface area contributed by atoms with E-state index in [0.29, 0.717) is 5.92 Å². The summed E-state index contributed by atoms with van der Waals surface area (Å²) in [5.41, 5.74) is 0. The third-order valence-corrected chi connectivity index (χ3v) is 3.66. The summed E-state index contributed by atoms with van der Waals surface area (Å²) in [6.07, 6.45) is 0. The highest BCUT2D eigenvalue weighted by Gasteiger charge is 2.12. The van der Waals surface area contributed by atoms with Crippen molar-refractivity contribution in [3.8, 4) is 0 Å². The molecule has 0 amide bonds. The number of thiophene rings is 1. The fourth-order valence-corrected chi connectivity index (χ4v) is 2.77. The van der Waals surface area contributed by atoms with Gasteiger partial charge >= 0.3 is 0 Å². The third kappa shape index (κ3) is 3.38. The van der Waals surface area contributed by atoms with Crippen molar-refractivity contribution in [1.29, 1.82) is 0 Å². The van der Waals surface area contributed by atoms with E-state index in [1.54, 1.807) is 18.4 Å². The van der Waals surface area contributed by atoms with Crippen molar-refractivity contribution < 1.29 is 4.74 Å². The molecule has 0 aliphatic rings. The molecule has 0 spiro atoms. The minimum atomic E-state index is 0.464. The lowest BCUT2D eigenvalue weighted by atomic mass is 10.1. The molecule has 0 saturated heterocycles. The Morgan fingerprint density at radius 3 is 2.92 bits per heavy atom. The van der Waals surface area contributed by atoms with E-state index >= 15 is 0 Å². The highest BCUT2D eigenvalue weighted by atomic mass is 79.9.